The minimum absolute atomic E-state index is 0.163. The van der Waals surface area contributed by atoms with Gasteiger partial charge in [0.05, 0.1) is 11.4 Å². The molecule has 0 radical (unpaired) electrons. The first kappa shape index (κ1) is 12.6. The molecule has 0 N–H and O–H groups in total. The first-order valence-corrected chi connectivity index (χ1v) is 5.80. The molecule has 0 atom stereocenters. The van der Waals surface area contributed by atoms with Crippen molar-refractivity contribution in [2.75, 3.05) is 0 Å². The first-order chi connectivity index (χ1) is 9.45. The molecule has 0 spiro atoms. The fraction of sp³-hybridized carbons (Fsp3) is 0.154. The maximum Gasteiger partial charge on any atom is 0.433 e. The van der Waals surface area contributed by atoms with Crippen molar-refractivity contribution in [3.63, 3.8) is 0 Å². The molecule has 4 nitrogen and oxygen atoms in total. The van der Waals surface area contributed by atoms with E-state index in [0.717, 1.165) is 10.6 Å². The minimum Gasteiger partial charge on any atom is -0.264 e. The standard InChI is InChI=1S/C13H9F3N4/c1-8-5-12-18-10(9-3-2-4-17-7-9)6-11(13(14,15)16)20(12)19-8/h2-7H,1H3. The lowest BCUT2D eigenvalue weighted by Gasteiger charge is -2.10. The van der Waals surface area contributed by atoms with Crippen LogP contribution in [-0.4, -0.2) is 19.6 Å². The number of aryl methyl sites for hydroxylation is 1. The SMILES string of the molecule is Cc1cc2nc(-c3cccnc3)cc(C(F)(F)F)n2n1. The van der Waals surface area contributed by atoms with Crippen molar-refractivity contribution in [1.82, 2.24) is 19.6 Å². The van der Waals surface area contributed by atoms with E-state index in [1.165, 1.54) is 12.3 Å². The van der Waals surface area contributed by atoms with Crippen molar-refractivity contribution >= 4 is 5.65 Å². The maximum absolute atomic E-state index is 13.1. The molecule has 3 rings (SSSR count). The van der Waals surface area contributed by atoms with Gasteiger partial charge in [0.15, 0.2) is 11.3 Å². The second-order valence-corrected chi connectivity index (χ2v) is 4.32. The van der Waals surface area contributed by atoms with Crippen LogP contribution in [-0.2, 0) is 6.18 Å². The molecule has 0 saturated heterocycles. The van der Waals surface area contributed by atoms with E-state index in [4.69, 9.17) is 0 Å². The van der Waals surface area contributed by atoms with Crippen molar-refractivity contribution in [2.24, 2.45) is 0 Å². The first-order valence-electron chi connectivity index (χ1n) is 5.80. The highest BCUT2D eigenvalue weighted by molar-refractivity contribution is 5.61. The van der Waals surface area contributed by atoms with Gasteiger partial charge in [-0.25, -0.2) is 9.50 Å². The third-order valence-electron chi connectivity index (χ3n) is 2.80. The van der Waals surface area contributed by atoms with Gasteiger partial charge in [0.1, 0.15) is 0 Å². The predicted molar refractivity (Wildman–Crippen MR) is 66.0 cm³/mol. The van der Waals surface area contributed by atoms with Crippen LogP contribution in [0.2, 0.25) is 0 Å². The molecule has 0 aromatic carbocycles. The summed E-state index contributed by atoms with van der Waals surface area (Å²) in [5.74, 6) is 0. The lowest BCUT2D eigenvalue weighted by molar-refractivity contribution is -0.142. The second kappa shape index (κ2) is 4.29. The molecule has 7 heteroatoms. The third kappa shape index (κ3) is 2.11. The van der Waals surface area contributed by atoms with Gasteiger partial charge in [-0.05, 0) is 25.1 Å². The Bertz CT molecular complexity index is 762. The number of fused-ring (bicyclic) bond motifs is 1. The molecule has 0 unspecified atom stereocenters. The summed E-state index contributed by atoms with van der Waals surface area (Å²) in [6.07, 6.45) is -1.48. The Hall–Kier alpha value is -2.44. The van der Waals surface area contributed by atoms with Crippen LogP contribution < -0.4 is 0 Å². The van der Waals surface area contributed by atoms with Crippen LogP contribution in [0.5, 0.6) is 0 Å². The highest BCUT2D eigenvalue weighted by Crippen LogP contribution is 2.32. The van der Waals surface area contributed by atoms with Gasteiger partial charge in [0.2, 0.25) is 0 Å². The summed E-state index contributed by atoms with van der Waals surface area (Å²) >= 11 is 0. The molecule has 3 heterocycles. The molecule has 3 aromatic heterocycles. The molecule has 0 aliphatic heterocycles. The van der Waals surface area contributed by atoms with Gasteiger partial charge >= 0.3 is 6.18 Å². The highest BCUT2D eigenvalue weighted by Gasteiger charge is 2.35. The Morgan fingerprint density at radius 3 is 2.65 bits per heavy atom. The molecule has 0 bridgehead atoms. The third-order valence-corrected chi connectivity index (χ3v) is 2.80. The van der Waals surface area contributed by atoms with E-state index < -0.39 is 11.9 Å². The number of rotatable bonds is 1. The molecular weight excluding hydrogens is 269 g/mol. The molecular formula is C13H9F3N4. The van der Waals surface area contributed by atoms with Crippen LogP contribution in [0, 0.1) is 6.92 Å². The van der Waals surface area contributed by atoms with Gasteiger partial charge in [-0.2, -0.15) is 18.3 Å². The monoisotopic (exact) mass is 278 g/mol. The minimum atomic E-state index is -4.50. The van der Waals surface area contributed by atoms with Gasteiger partial charge in [0.25, 0.3) is 0 Å². The Balaban J connectivity index is 2.31. The average molecular weight is 278 g/mol. The topological polar surface area (TPSA) is 43.1 Å². The second-order valence-electron chi connectivity index (χ2n) is 4.32. The van der Waals surface area contributed by atoms with Gasteiger partial charge < -0.3 is 0 Å². The van der Waals surface area contributed by atoms with E-state index in [1.54, 1.807) is 25.3 Å². The quantitative estimate of drug-likeness (QED) is 0.687. The molecule has 0 amide bonds. The van der Waals surface area contributed by atoms with Crippen molar-refractivity contribution in [2.45, 2.75) is 13.1 Å². The van der Waals surface area contributed by atoms with Gasteiger partial charge in [-0.3, -0.25) is 4.98 Å². The largest absolute Gasteiger partial charge is 0.433 e. The summed E-state index contributed by atoms with van der Waals surface area (Å²) in [6, 6.07) is 5.80. The lowest BCUT2D eigenvalue weighted by atomic mass is 10.2. The van der Waals surface area contributed by atoms with E-state index in [0.29, 0.717) is 11.3 Å². The van der Waals surface area contributed by atoms with Gasteiger partial charge in [-0.1, -0.05) is 0 Å². The number of nitrogens with zero attached hydrogens (tertiary/aromatic N) is 4. The molecule has 20 heavy (non-hydrogen) atoms. The van der Waals surface area contributed by atoms with Crippen molar-refractivity contribution < 1.29 is 13.2 Å². The Morgan fingerprint density at radius 1 is 1.20 bits per heavy atom. The zero-order valence-electron chi connectivity index (χ0n) is 10.4. The summed E-state index contributed by atoms with van der Waals surface area (Å²) in [6.45, 7) is 1.62. The van der Waals surface area contributed by atoms with Crippen LogP contribution in [0.15, 0.2) is 36.7 Å². The predicted octanol–water partition coefficient (Wildman–Crippen LogP) is 3.12. The summed E-state index contributed by atoms with van der Waals surface area (Å²) in [4.78, 5) is 8.10. The van der Waals surface area contributed by atoms with Crippen molar-refractivity contribution in [3.05, 3.63) is 48.0 Å². The Kier molecular flexibility index (Phi) is 2.70. The van der Waals surface area contributed by atoms with Gasteiger partial charge in [-0.15, -0.1) is 0 Å². The lowest BCUT2D eigenvalue weighted by Crippen LogP contribution is -2.13. The van der Waals surface area contributed by atoms with Crippen molar-refractivity contribution in [1.29, 1.82) is 0 Å². The van der Waals surface area contributed by atoms with E-state index in [-0.39, 0.29) is 11.3 Å². The van der Waals surface area contributed by atoms with E-state index in [9.17, 15) is 13.2 Å². The van der Waals surface area contributed by atoms with E-state index >= 15 is 0 Å². The molecule has 0 aliphatic carbocycles. The molecule has 0 aliphatic rings. The normalized spacial score (nSPS) is 12.0. The molecule has 102 valence electrons. The number of aromatic nitrogens is 4. The number of hydrogen-bond acceptors (Lipinski definition) is 3. The molecule has 0 saturated carbocycles. The number of halogens is 3. The summed E-state index contributed by atoms with van der Waals surface area (Å²) in [5, 5.41) is 3.83. The maximum atomic E-state index is 13.1. The van der Waals surface area contributed by atoms with Crippen LogP contribution in [0.4, 0.5) is 13.2 Å². The van der Waals surface area contributed by atoms with E-state index in [2.05, 4.69) is 15.1 Å². The fourth-order valence-corrected chi connectivity index (χ4v) is 1.95. The molecule has 3 aromatic rings. The van der Waals surface area contributed by atoms with Crippen molar-refractivity contribution in [3.8, 4) is 11.3 Å². The van der Waals surface area contributed by atoms with Crippen LogP contribution >= 0.6 is 0 Å². The van der Waals surface area contributed by atoms with Crippen LogP contribution in [0.25, 0.3) is 16.9 Å². The summed E-state index contributed by atoms with van der Waals surface area (Å²) in [7, 11) is 0. The Labute approximate surface area is 111 Å². The zero-order chi connectivity index (χ0) is 14.3. The number of alkyl halides is 3. The zero-order valence-corrected chi connectivity index (χ0v) is 10.4. The number of pyridine rings is 1. The fourth-order valence-electron chi connectivity index (χ4n) is 1.95. The smallest absolute Gasteiger partial charge is 0.264 e. The molecule has 0 fully saturated rings. The summed E-state index contributed by atoms with van der Waals surface area (Å²) < 4.78 is 40.2. The average Bonchev–Trinajstić information content (AvgIpc) is 2.77. The highest BCUT2D eigenvalue weighted by atomic mass is 19.4. The van der Waals surface area contributed by atoms with Gasteiger partial charge in [0, 0.05) is 24.0 Å². The summed E-state index contributed by atoms with van der Waals surface area (Å²) in [5.41, 5.74) is 0.536. The van der Waals surface area contributed by atoms with Crippen LogP contribution in [0.1, 0.15) is 11.4 Å². The number of hydrogen-bond donors (Lipinski definition) is 0. The van der Waals surface area contributed by atoms with E-state index in [1.807, 2.05) is 0 Å². The van der Waals surface area contributed by atoms with Crippen LogP contribution in [0.3, 0.4) is 0 Å². The Morgan fingerprint density at radius 2 is 2.00 bits per heavy atom.